The summed E-state index contributed by atoms with van der Waals surface area (Å²) in [5.41, 5.74) is 1.54. The molecule has 0 unspecified atom stereocenters. The number of aryl methyl sites for hydroxylation is 1. The first-order valence-electron chi connectivity index (χ1n) is 12.5. The van der Waals surface area contributed by atoms with Crippen LogP contribution in [0, 0.1) is 0 Å². The molecule has 196 valence electrons. The second-order valence-corrected chi connectivity index (χ2v) is 12.3. The predicted molar refractivity (Wildman–Crippen MR) is 146 cm³/mol. The molecule has 0 saturated carbocycles. The second kappa shape index (κ2) is 10.4. The largest absolute Gasteiger partial charge is 0.349 e. The minimum Gasteiger partial charge on any atom is -0.349 e. The summed E-state index contributed by atoms with van der Waals surface area (Å²) in [6.07, 6.45) is 2.21. The Labute approximate surface area is 219 Å². The van der Waals surface area contributed by atoms with Crippen LogP contribution in [0.25, 0.3) is 22.3 Å². The van der Waals surface area contributed by atoms with Crippen molar-refractivity contribution in [2.45, 2.75) is 50.2 Å². The van der Waals surface area contributed by atoms with Gasteiger partial charge < -0.3 is 4.98 Å². The van der Waals surface area contributed by atoms with Crippen molar-refractivity contribution in [2.75, 3.05) is 13.1 Å². The van der Waals surface area contributed by atoms with Crippen LogP contribution in [-0.2, 0) is 30.2 Å². The third-order valence-electron chi connectivity index (χ3n) is 6.93. The van der Waals surface area contributed by atoms with E-state index in [1.165, 1.54) is 14.0 Å². The Hall–Kier alpha value is -2.99. The zero-order valence-electron chi connectivity index (χ0n) is 20.9. The van der Waals surface area contributed by atoms with Gasteiger partial charge in [0, 0.05) is 49.8 Å². The van der Waals surface area contributed by atoms with Gasteiger partial charge in [0.05, 0.1) is 10.4 Å². The molecular weight excluding hydrogens is 510 g/mol. The summed E-state index contributed by atoms with van der Waals surface area (Å²) in [5, 5.41) is 2.07. The molecule has 1 aliphatic rings. The van der Waals surface area contributed by atoms with E-state index in [9.17, 15) is 18.0 Å². The van der Waals surface area contributed by atoms with E-state index < -0.39 is 10.0 Å². The fourth-order valence-electron chi connectivity index (χ4n) is 4.89. The van der Waals surface area contributed by atoms with E-state index in [1.807, 2.05) is 6.92 Å². The Morgan fingerprint density at radius 2 is 1.84 bits per heavy atom. The monoisotopic (exact) mass is 541 g/mol. The zero-order valence-corrected chi connectivity index (χ0v) is 22.6. The maximum Gasteiger partial charge on any atom is 0.331 e. The smallest absolute Gasteiger partial charge is 0.331 e. The summed E-state index contributed by atoms with van der Waals surface area (Å²) in [6.45, 7) is 4.88. The molecule has 4 aromatic rings. The first-order chi connectivity index (χ1) is 17.8. The van der Waals surface area contributed by atoms with Gasteiger partial charge in [0.2, 0.25) is 10.0 Å². The van der Waals surface area contributed by atoms with E-state index in [0.717, 1.165) is 38.0 Å². The first kappa shape index (κ1) is 25.7. The summed E-state index contributed by atoms with van der Waals surface area (Å²) < 4.78 is 31.6. The lowest BCUT2D eigenvalue weighted by atomic mass is 10.1. The van der Waals surface area contributed by atoms with Gasteiger partial charge in [0.15, 0.2) is 0 Å². The van der Waals surface area contributed by atoms with Crippen molar-refractivity contribution >= 4 is 32.4 Å². The minimum absolute atomic E-state index is 0.0930. The molecule has 5 rings (SSSR count). The molecule has 1 aliphatic heterocycles. The molecule has 9 nitrogen and oxygen atoms in total. The number of benzene rings is 1. The van der Waals surface area contributed by atoms with Crippen LogP contribution >= 0.6 is 11.3 Å². The number of piperidine rings is 1. The molecule has 1 saturated heterocycles. The SMILES string of the molecule is CCCn1c(=O)c2[nH]c(-c3ccc(S(=O)(=O)NC4CCN(Cc5cccs5)CC4)cc3)cc2n(C)c1=O. The van der Waals surface area contributed by atoms with E-state index in [0.29, 0.717) is 29.7 Å². The van der Waals surface area contributed by atoms with E-state index in [1.54, 1.807) is 48.7 Å². The van der Waals surface area contributed by atoms with Crippen molar-refractivity contribution in [3.8, 4) is 11.3 Å². The number of nitrogens with one attached hydrogen (secondary N) is 2. The number of hydrogen-bond donors (Lipinski definition) is 2. The molecule has 0 aliphatic carbocycles. The average molecular weight is 542 g/mol. The van der Waals surface area contributed by atoms with Crippen molar-refractivity contribution < 1.29 is 8.42 Å². The Morgan fingerprint density at radius 1 is 1.11 bits per heavy atom. The van der Waals surface area contributed by atoms with Gasteiger partial charge >= 0.3 is 5.69 Å². The van der Waals surface area contributed by atoms with Gasteiger partial charge in [0.25, 0.3) is 5.56 Å². The first-order valence-corrected chi connectivity index (χ1v) is 14.8. The lowest BCUT2D eigenvalue weighted by Crippen LogP contribution is -2.44. The highest BCUT2D eigenvalue weighted by Crippen LogP contribution is 2.24. The Bertz CT molecular complexity index is 1610. The molecule has 0 spiro atoms. The van der Waals surface area contributed by atoms with Gasteiger partial charge in [-0.3, -0.25) is 18.8 Å². The standard InChI is InChI=1S/C26H31N5O4S2/c1-3-12-31-25(32)24-23(29(2)26(31)33)16-22(27-24)18-6-8-21(9-7-18)37(34,35)28-19-10-13-30(14-11-19)17-20-5-4-15-36-20/h4-9,15-16,19,27-28H,3,10-14,17H2,1-2H3. The highest BCUT2D eigenvalue weighted by Gasteiger charge is 2.25. The summed E-state index contributed by atoms with van der Waals surface area (Å²) in [7, 11) is -2.02. The molecule has 0 bridgehead atoms. The van der Waals surface area contributed by atoms with Gasteiger partial charge in [-0.15, -0.1) is 11.3 Å². The number of nitrogens with zero attached hydrogens (tertiary/aromatic N) is 3. The Morgan fingerprint density at radius 3 is 2.49 bits per heavy atom. The maximum absolute atomic E-state index is 13.0. The van der Waals surface area contributed by atoms with Crippen molar-refractivity contribution in [3.63, 3.8) is 0 Å². The highest BCUT2D eigenvalue weighted by atomic mass is 32.2. The normalized spacial score (nSPS) is 15.5. The van der Waals surface area contributed by atoms with Crippen LogP contribution in [-0.4, -0.2) is 46.6 Å². The van der Waals surface area contributed by atoms with Gasteiger partial charge in [-0.2, -0.15) is 0 Å². The number of sulfonamides is 1. The molecule has 11 heteroatoms. The van der Waals surface area contributed by atoms with Gasteiger partial charge in [0.1, 0.15) is 5.52 Å². The van der Waals surface area contributed by atoms with Crippen LogP contribution in [0.15, 0.2) is 62.3 Å². The number of thiophene rings is 1. The zero-order chi connectivity index (χ0) is 26.2. The highest BCUT2D eigenvalue weighted by molar-refractivity contribution is 7.89. The molecule has 0 atom stereocenters. The lowest BCUT2D eigenvalue weighted by molar-refractivity contribution is 0.201. The third-order valence-corrected chi connectivity index (χ3v) is 9.32. The van der Waals surface area contributed by atoms with E-state index in [2.05, 4.69) is 32.1 Å². The Kier molecular flexibility index (Phi) is 7.21. The number of aromatic amines is 1. The molecule has 1 fully saturated rings. The van der Waals surface area contributed by atoms with Crippen LogP contribution in [0.5, 0.6) is 0 Å². The molecule has 1 aromatic carbocycles. The maximum atomic E-state index is 13.0. The number of aromatic nitrogens is 3. The van der Waals surface area contributed by atoms with Crippen molar-refractivity contribution in [1.29, 1.82) is 0 Å². The summed E-state index contributed by atoms with van der Waals surface area (Å²) >= 11 is 1.74. The fourth-order valence-corrected chi connectivity index (χ4v) is 6.94. The van der Waals surface area contributed by atoms with E-state index >= 15 is 0 Å². The number of likely N-dealkylation sites (tertiary alicyclic amines) is 1. The van der Waals surface area contributed by atoms with Crippen molar-refractivity contribution in [3.05, 3.63) is 73.6 Å². The number of H-pyrrole nitrogens is 1. The molecular formula is C26H31N5O4S2. The number of hydrogen-bond acceptors (Lipinski definition) is 6. The molecule has 3 aromatic heterocycles. The number of rotatable bonds is 8. The van der Waals surface area contributed by atoms with E-state index in [-0.39, 0.29) is 22.2 Å². The van der Waals surface area contributed by atoms with Crippen molar-refractivity contribution in [2.24, 2.45) is 7.05 Å². The van der Waals surface area contributed by atoms with Crippen LogP contribution in [0.2, 0.25) is 0 Å². The van der Waals surface area contributed by atoms with Crippen LogP contribution in [0.3, 0.4) is 0 Å². The molecule has 37 heavy (non-hydrogen) atoms. The average Bonchev–Trinajstić information content (AvgIpc) is 3.57. The Balaban J connectivity index is 1.30. The molecule has 4 heterocycles. The fraction of sp³-hybridized carbons (Fsp3) is 0.385. The third kappa shape index (κ3) is 5.22. The summed E-state index contributed by atoms with van der Waals surface area (Å²) in [6, 6.07) is 12.4. The van der Waals surface area contributed by atoms with E-state index in [4.69, 9.17) is 0 Å². The van der Waals surface area contributed by atoms with Crippen LogP contribution in [0.1, 0.15) is 31.1 Å². The second-order valence-electron chi connectivity index (χ2n) is 9.52. The summed E-state index contributed by atoms with van der Waals surface area (Å²) in [4.78, 5) is 32.4. The van der Waals surface area contributed by atoms with Crippen LogP contribution in [0.4, 0.5) is 0 Å². The van der Waals surface area contributed by atoms with Gasteiger partial charge in [-0.25, -0.2) is 17.9 Å². The van der Waals surface area contributed by atoms with Crippen molar-refractivity contribution in [1.82, 2.24) is 23.7 Å². The molecule has 0 radical (unpaired) electrons. The quantitative estimate of drug-likeness (QED) is 0.356. The summed E-state index contributed by atoms with van der Waals surface area (Å²) in [5.74, 6) is 0. The predicted octanol–water partition coefficient (Wildman–Crippen LogP) is 3.11. The molecule has 0 amide bonds. The molecule has 2 N–H and O–H groups in total. The lowest BCUT2D eigenvalue weighted by Gasteiger charge is -2.31. The van der Waals surface area contributed by atoms with Gasteiger partial charge in [-0.1, -0.05) is 25.1 Å². The van der Waals surface area contributed by atoms with Gasteiger partial charge in [-0.05, 0) is 54.5 Å². The minimum atomic E-state index is -3.66. The number of fused-ring (bicyclic) bond motifs is 1. The van der Waals surface area contributed by atoms with Crippen LogP contribution < -0.4 is 16.0 Å². The topological polar surface area (TPSA) is 109 Å².